The maximum atomic E-state index is 12.2. The van der Waals surface area contributed by atoms with Crippen molar-refractivity contribution in [3.8, 4) is 5.75 Å². The molecule has 0 aromatic carbocycles. The first-order chi connectivity index (χ1) is 13.5. The second kappa shape index (κ2) is 9.21. The van der Waals surface area contributed by atoms with Crippen LogP contribution in [0.25, 0.3) is 5.70 Å². The number of hydrogen-bond acceptors (Lipinski definition) is 8. The van der Waals surface area contributed by atoms with E-state index >= 15 is 0 Å². The Balaban J connectivity index is 1.94. The number of hydrogen-bond donors (Lipinski definition) is 3. The highest BCUT2D eigenvalue weighted by Crippen LogP contribution is 2.26. The molecular formula is C20H34N6O3. The fourth-order valence-electron chi connectivity index (χ4n) is 2.93. The molecule has 1 aromatic heterocycles. The van der Waals surface area contributed by atoms with Crippen LogP contribution in [-0.4, -0.2) is 53.3 Å². The molecule has 0 atom stereocenters. The van der Waals surface area contributed by atoms with Crippen LogP contribution >= 0.6 is 0 Å². The normalized spacial score (nSPS) is 16.3. The molecule has 1 aliphatic rings. The van der Waals surface area contributed by atoms with Crippen molar-refractivity contribution in [2.75, 3.05) is 32.5 Å². The summed E-state index contributed by atoms with van der Waals surface area (Å²) in [6.45, 7) is 9.22. The summed E-state index contributed by atoms with van der Waals surface area (Å²) >= 11 is 0. The summed E-state index contributed by atoms with van der Waals surface area (Å²) in [5, 5.41) is 1.45. The molecule has 9 nitrogen and oxygen atoms in total. The van der Waals surface area contributed by atoms with Crippen molar-refractivity contribution in [2.24, 2.45) is 17.5 Å². The Morgan fingerprint density at radius 2 is 1.97 bits per heavy atom. The number of allylic oxidation sites excluding steroid dienone is 1. The van der Waals surface area contributed by atoms with Crippen molar-refractivity contribution >= 4 is 17.6 Å². The van der Waals surface area contributed by atoms with E-state index in [9.17, 15) is 4.79 Å². The summed E-state index contributed by atoms with van der Waals surface area (Å²) in [5.74, 6) is 6.87. The summed E-state index contributed by atoms with van der Waals surface area (Å²) < 4.78 is 11.4. The molecule has 9 heteroatoms. The number of nitrogens with two attached hydrogens (primary N) is 3. The maximum absolute atomic E-state index is 12.2. The molecule has 0 unspecified atom stereocenters. The summed E-state index contributed by atoms with van der Waals surface area (Å²) in [7, 11) is 1.72. The van der Waals surface area contributed by atoms with Crippen molar-refractivity contribution in [1.82, 2.24) is 14.9 Å². The average molecular weight is 407 g/mol. The molecule has 0 saturated carbocycles. The van der Waals surface area contributed by atoms with Crippen LogP contribution in [0, 0.1) is 5.92 Å². The molecule has 0 spiro atoms. The average Bonchev–Trinajstić information content (AvgIpc) is 2.65. The van der Waals surface area contributed by atoms with Crippen molar-refractivity contribution in [1.29, 1.82) is 0 Å². The molecule has 162 valence electrons. The van der Waals surface area contributed by atoms with E-state index in [1.54, 1.807) is 24.2 Å². The SMILES string of the molecule is C/C(=C(/N)c1cnc(N)c(OCC2CCN(C(=O)OC(C)(C)C)CC2)c1)N(C)N. The molecule has 6 N–H and O–H groups in total. The van der Waals surface area contributed by atoms with Crippen LogP contribution < -0.4 is 22.0 Å². The zero-order valence-corrected chi connectivity index (χ0v) is 18.1. The van der Waals surface area contributed by atoms with Gasteiger partial charge in [0.2, 0.25) is 0 Å². The third-order valence-corrected chi connectivity index (χ3v) is 4.85. The molecule has 29 heavy (non-hydrogen) atoms. The van der Waals surface area contributed by atoms with E-state index in [1.165, 1.54) is 5.01 Å². The number of amides is 1. The Morgan fingerprint density at radius 3 is 2.52 bits per heavy atom. The highest BCUT2D eigenvalue weighted by Gasteiger charge is 2.27. The van der Waals surface area contributed by atoms with E-state index in [2.05, 4.69) is 4.98 Å². The number of rotatable bonds is 5. The first-order valence-electron chi connectivity index (χ1n) is 9.79. The van der Waals surface area contributed by atoms with Crippen LogP contribution in [-0.2, 0) is 4.74 Å². The molecular weight excluding hydrogens is 372 g/mol. The molecule has 0 bridgehead atoms. The zero-order chi connectivity index (χ0) is 21.8. The minimum Gasteiger partial charge on any atom is -0.489 e. The predicted molar refractivity (Wildman–Crippen MR) is 113 cm³/mol. The van der Waals surface area contributed by atoms with Gasteiger partial charge in [0.25, 0.3) is 0 Å². The first-order valence-corrected chi connectivity index (χ1v) is 9.79. The fraction of sp³-hybridized carbons (Fsp3) is 0.600. The van der Waals surface area contributed by atoms with Gasteiger partial charge in [0, 0.05) is 37.6 Å². The summed E-state index contributed by atoms with van der Waals surface area (Å²) in [6.07, 6.45) is 3.01. The van der Waals surface area contributed by atoms with Crippen LogP contribution in [0.4, 0.5) is 10.6 Å². The lowest BCUT2D eigenvalue weighted by Gasteiger charge is -2.33. The standard InChI is InChI=1S/C20H34N6O3/c1-13(25(5)23)17(21)15-10-16(18(22)24-11-15)28-12-14-6-8-26(9-7-14)19(27)29-20(2,3)4/h10-11,14H,6-9,12,21,23H2,1-5H3,(H2,22,24)/b17-13-. The zero-order valence-electron chi connectivity index (χ0n) is 18.1. The number of piperidine rings is 1. The van der Waals surface area contributed by atoms with Gasteiger partial charge in [0.1, 0.15) is 5.60 Å². The smallest absolute Gasteiger partial charge is 0.410 e. The number of carbonyl (C=O) groups is 1. The van der Waals surface area contributed by atoms with Gasteiger partial charge in [-0.15, -0.1) is 0 Å². The van der Waals surface area contributed by atoms with Gasteiger partial charge in [0.15, 0.2) is 11.6 Å². The Bertz CT molecular complexity index is 749. The summed E-state index contributed by atoms with van der Waals surface area (Å²) in [6, 6.07) is 1.78. The van der Waals surface area contributed by atoms with Gasteiger partial charge in [-0.3, -0.25) is 0 Å². The van der Waals surface area contributed by atoms with Gasteiger partial charge in [-0.25, -0.2) is 15.6 Å². The van der Waals surface area contributed by atoms with Crippen LogP contribution in [0.3, 0.4) is 0 Å². The van der Waals surface area contributed by atoms with Crippen LogP contribution in [0.5, 0.6) is 5.75 Å². The summed E-state index contributed by atoms with van der Waals surface area (Å²) in [5.41, 5.74) is 13.6. The van der Waals surface area contributed by atoms with E-state index in [1.807, 2.05) is 27.7 Å². The van der Waals surface area contributed by atoms with E-state index in [-0.39, 0.29) is 6.09 Å². The molecule has 2 heterocycles. The lowest BCUT2D eigenvalue weighted by molar-refractivity contribution is 0.0165. The van der Waals surface area contributed by atoms with Crippen molar-refractivity contribution in [3.63, 3.8) is 0 Å². The molecule has 1 saturated heterocycles. The Labute approximate surface area is 172 Å². The van der Waals surface area contributed by atoms with Gasteiger partial charge < -0.3 is 30.8 Å². The minimum atomic E-state index is -0.486. The number of aromatic nitrogens is 1. The first kappa shape index (κ1) is 22.6. The fourth-order valence-corrected chi connectivity index (χ4v) is 2.93. The molecule has 1 amide bonds. The number of anilines is 1. The molecule has 0 radical (unpaired) electrons. The van der Waals surface area contributed by atoms with Crippen molar-refractivity contribution in [2.45, 2.75) is 46.1 Å². The van der Waals surface area contributed by atoms with E-state index in [0.29, 0.717) is 48.4 Å². The van der Waals surface area contributed by atoms with E-state index in [4.69, 9.17) is 26.8 Å². The molecule has 0 aliphatic carbocycles. The Morgan fingerprint density at radius 1 is 1.34 bits per heavy atom. The largest absolute Gasteiger partial charge is 0.489 e. The third kappa shape index (κ3) is 6.42. The van der Waals surface area contributed by atoms with Crippen molar-refractivity contribution in [3.05, 3.63) is 23.5 Å². The molecule has 1 fully saturated rings. The van der Waals surface area contributed by atoms with E-state index < -0.39 is 5.60 Å². The van der Waals surface area contributed by atoms with E-state index in [0.717, 1.165) is 18.5 Å². The summed E-state index contributed by atoms with van der Waals surface area (Å²) in [4.78, 5) is 18.1. The van der Waals surface area contributed by atoms with Gasteiger partial charge >= 0.3 is 6.09 Å². The second-order valence-electron chi connectivity index (χ2n) is 8.44. The molecule has 2 rings (SSSR count). The van der Waals surface area contributed by atoms with Gasteiger partial charge in [-0.2, -0.15) is 0 Å². The third-order valence-electron chi connectivity index (χ3n) is 4.85. The van der Waals surface area contributed by atoms with Crippen LogP contribution in [0.15, 0.2) is 18.0 Å². The second-order valence-corrected chi connectivity index (χ2v) is 8.44. The highest BCUT2D eigenvalue weighted by molar-refractivity contribution is 5.68. The predicted octanol–water partition coefficient (Wildman–Crippen LogP) is 2.14. The van der Waals surface area contributed by atoms with Gasteiger partial charge in [-0.05, 0) is 52.5 Å². The number of hydrazine groups is 1. The lowest BCUT2D eigenvalue weighted by Crippen LogP contribution is -2.42. The monoisotopic (exact) mass is 406 g/mol. The van der Waals surface area contributed by atoms with Crippen molar-refractivity contribution < 1.29 is 14.3 Å². The molecule has 1 aliphatic heterocycles. The maximum Gasteiger partial charge on any atom is 0.410 e. The Hall–Kier alpha value is -2.68. The Kier molecular flexibility index (Phi) is 7.18. The molecule has 1 aromatic rings. The minimum absolute atomic E-state index is 0.263. The number of nitrogens with zero attached hydrogens (tertiary/aromatic N) is 3. The number of ether oxygens (including phenoxy) is 2. The number of likely N-dealkylation sites (tertiary alicyclic amines) is 1. The highest BCUT2D eigenvalue weighted by atomic mass is 16.6. The number of pyridine rings is 1. The van der Waals surface area contributed by atoms with Crippen LogP contribution in [0.1, 0.15) is 46.1 Å². The quantitative estimate of drug-likeness (QED) is 0.500. The topological polar surface area (TPSA) is 133 Å². The van der Waals surface area contributed by atoms with Gasteiger partial charge in [0.05, 0.1) is 12.3 Å². The van der Waals surface area contributed by atoms with Gasteiger partial charge in [-0.1, -0.05) is 0 Å². The lowest BCUT2D eigenvalue weighted by atomic mass is 9.98. The number of nitrogen functional groups attached to an aromatic ring is 1. The number of carbonyl (C=O) groups excluding carboxylic acids is 1. The van der Waals surface area contributed by atoms with Crippen LogP contribution in [0.2, 0.25) is 0 Å².